The van der Waals surface area contributed by atoms with Crippen molar-refractivity contribution in [3.8, 4) is 17.6 Å². The Morgan fingerprint density at radius 2 is 1.82 bits per heavy atom. The molecule has 1 aliphatic heterocycles. The molecule has 0 aromatic heterocycles. The summed E-state index contributed by atoms with van der Waals surface area (Å²) in [6.07, 6.45) is -4.58. The monoisotopic (exact) mass is 243 g/mol. The minimum atomic E-state index is -4.58. The molecule has 1 aromatic carbocycles. The Balaban J connectivity index is 2.37. The van der Waals surface area contributed by atoms with Crippen molar-refractivity contribution in [2.75, 3.05) is 13.2 Å². The van der Waals surface area contributed by atoms with Gasteiger partial charge in [-0.3, -0.25) is 0 Å². The molecule has 1 aromatic rings. The molecule has 6 heteroatoms. The van der Waals surface area contributed by atoms with Gasteiger partial charge in [-0.15, -0.1) is 0 Å². The molecule has 0 spiro atoms. The van der Waals surface area contributed by atoms with Crippen LogP contribution < -0.4 is 9.47 Å². The predicted octanol–water partition coefficient (Wildman–Crippen LogP) is 2.63. The van der Waals surface area contributed by atoms with Gasteiger partial charge >= 0.3 is 6.18 Å². The van der Waals surface area contributed by atoms with Crippen LogP contribution in [0.25, 0.3) is 0 Å². The van der Waals surface area contributed by atoms with E-state index in [9.17, 15) is 13.2 Å². The largest absolute Gasteiger partial charge is 0.486 e. The van der Waals surface area contributed by atoms with Crippen molar-refractivity contribution in [1.29, 1.82) is 5.26 Å². The summed E-state index contributed by atoms with van der Waals surface area (Å²) in [4.78, 5) is 0. The number of rotatable bonds is 1. The second-order valence-corrected chi connectivity index (χ2v) is 3.51. The summed E-state index contributed by atoms with van der Waals surface area (Å²) in [5, 5.41) is 8.58. The van der Waals surface area contributed by atoms with Crippen LogP contribution in [-0.4, -0.2) is 19.4 Å². The van der Waals surface area contributed by atoms with Gasteiger partial charge in [0.1, 0.15) is 13.2 Å². The van der Waals surface area contributed by atoms with Gasteiger partial charge in [-0.25, -0.2) is 0 Å². The van der Waals surface area contributed by atoms with Gasteiger partial charge in [0.2, 0.25) is 0 Å². The first-order chi connectivity index (χ1) is 8.02. The van der Waals surface area contributed by atoms with E-state index in [2.05, 4.69) is 0 Å². The Hall–Kier alpha value is -1.90. The van der Waals surface area contributed by atoms with E-state index in [0.717, 1.165) is 0 Å². The summed E-state index contributed by atoms with van der Waals surface area (Å²) in [6, 6.07) is 5.07. The first-order valence-corrected chi connectivity index (χ1v) is 4.88. The van der Waals surface area contributed by atoms with Gasteiger partial charge in [0.25, 0.3) is 0 Å². The smallest absolute Gasteiger partial charge is 0.408 e. The summed E-state index contributed by atoms with van der Waals surface area (Å²) in [5.74, 6) is -1.49. The lowest BCUT2D eigenvalue weighted by molar-refractivity contribution is -0.137. The third-order valence-electron chi connectivity index (χ3n) is 2.36. The van der Waals surface area contributed by atoms with Crippen LogP contribution in [0.2, 0.25) is 0 Å². The number of halogens is 3. The van der Waals surface area contributed by atoms with Crippen molar-refractivity contribution in [2.45, 2.75) is 12.1 Å². The van der Waals surface area contributed by atoms with E-state index in [1.54, 1.807) is 0 Å². The van der Waals surface area contributed by atoms with Crippen LogP contribution in [0.15, 0.2) is 18.2 Å². The highest BCUT2D eigenvalue weighted by molar-refractivity contribution is 5.46. The molecule has 0 N–H and O–H groups in total. The average molecular weight is 243 g/mol. The first-order valence-electron chi connectivity index (χ1n) is 4.88. The first kappa shape index (κ1) is 11.6. The molecule has 0 fully saturated rings. The number of ether oxygens (including phenoxy) is 2. The van der Waals surface area contributed by atoms with E-state index >= 15 is 0 Å². The molecule has 0 bridgehead atoms. The van der Waals surface area contributed by atoms with Gasteiger partial charge in [-0.1, -0.05) is 6.07 Å². The van der Waals surface area contributed by atoms with Crippen LogP contribution in [0.5, 0.6) is 11.5 Å². The van der Waals surface area contributed by atoms with Crippen molar-refractivity contribution in [3.05, 3.63) is 23.8 Å². The van der Waals surface area contributed by atoms with Gasteiger partial charge in [-0.05, 0) is 17.7 Å². The van der Waals surface area contributed by atoms with Crippen LogP contribution in [0.1, 0.15) is 11.5 Å². The molecule has 1 unspecified atom stereocenters. The van der Waals surface area contributed by atoms with Crippen LogP contribution in [-0.2, 0) is 0 Å². The van der Waals surface area contributed by atoms with Crippen molar-refractivity contribution < 1.29 is 22.6 Å². The fraction of sp³-hybridized carbons (Fsp3) is 0.364. The number of hydrogen-bond donors (Lipinski definition) is 0. The second kappa shape index (κ2) is 4.17. The summed E-state index contributed by atoms with van der Waals surface area (Å²) >= 11 is 0. The van der Waals surface area contributed by atoms with Crippen molar-refractivity contribution in [2.24, 2.45) is 0 Å². The molecule has 0 saturated heterocycles. The van der Waals surface area contributed by atoms with Gasteiger partial charge in [0.05, 0.1) is 6.07 Å². The molecule has 0 saturated carbocycles. The molecular weight excluding hydrogens is 235 g/mol. The zero-order chi connectivity index (χ0) is 12.5. The maximum absolute atomic E-state index is 12.5. The normalized spacial score (nSPS) is 16.1. The van der Waals surface area contributed by atoms with Crippen LogP contribution >= 0.6 is 0 Å². The molecule has 90 valence electrons. The van der Waals surface area contributed by atoms with E-state index in [1.165, 1.54) is 24.3 Å². The van der Waals surface area contributed by atoms with Crippen molar-refractivity contribution >= 4 is 0 Å². The highest BCUT2D eigenvalue weighted by Crippen LogP contribution is 2.38. The van der Waals surface area contributed by atoms with Gasteiger partial charge in [0.15, 0.2) is 17.4 Å². The zero-order valence-electron chi connectivity index (χ0n) is 8.62. The lowest BCUT2D eigenvalue weighted by Crippen LogP contribution is -2.20. The van der Waals surface area contributed by atoms with Crippen LogP contribution in [0, 0.1) is 11.3 Å². The second-order valence-electron chi connectivity index (χ2n) is 3.51. The Kier molecular flexibility index (Phi) is 2.84. The highest BCUT2D eigenvalue weighted by Gasteiger charge is 2.41. The molecular formula is C11H8F3NO2. The lowest BCUT2D eigenvalue weighted by Gasteiger charge is -2.20. The van der Waals surface area contributed by atoms with Gasteiger partial charge in [0, 0.05) is 0 Å². The van der Waals surface area contributed by atoms with E-state index in [0.29, 0.717) is 19.0 Å². The Labute approximate surface area is 95.4 Å². The minimum absolute atomic E-state index is 0.135. The topological polar surface area (TPSA) is 42.2 Å². The third-order valence-corrected chi connectivity index (χ3v) is 2.36. The Morgan fingerprint density at radius 3 is 2.41 bits per heavy atom. The molecule has 1 heterocycles. The maximum atomic E-state index is 12.5. The summed E-state index contributed by atoms with van der Waals surface area (Å²) in [5.41, 5.74) is -0.135. The minimum Gasteiger partial charge on any atom is -0.486 e. The number of alkyl halides is 3. The van der Waals surface area contributed by atoms with Gasteiger partial charge in [-0.2, -0.15) is 18.4 Å². The van der Waals surface area contributed by atoms with E-state index < -0.39 is 12.1 Å². The SMILES string of the molecule is N#CC(c1ccc2c(c1)OCCO2)C(F)(F)F. The van der Waals surface area contributed by atoms with E-state index in [-0.39, 0.29) is 11.3 Å². The van der Waals surface area contributed by atoms with E-state index in [1.807, 2.05) is 0 Å². The molecule has 17 heavy (non-hydrogen) atoms. The highest BCUT2D eigenvalue weighted by atomic mass is 19.4. The van der Waals surface area contributed by atoms with Crippen LogP contribution in [0.4, 0.5) is 13.2 Å². The fourth-order valence-electron chi connectivity index (χ4n) is 1.58. The van der Waals surface area contributed by atoms with Crippen molar-refractivity contribution in [1.82, 2.24) is 0 Å². The standard InChI is InChI=1S/C11H8F3NO2/c12-11(13,14)8(6-15)7-1-2-9-10(5-7)17-4-3-16-9/h1-2,5,8H,3-4H2. The summed E-state index contributed by atoms with van der Waals surface area (Å²) in [7, 11) is 0. The average Bonchev–Trinajstić information content (AvgIpc) is 2.28. The number of fused-ring (bicyclic) bond motifs is 1. The molecule has 1 atom stereocenters. The zero-order valence-corrected chi connectivity index (χ0v) is 8.62. The third kappa shape index (κ3) is 2.28. The molecule has 3 nitrogen and oxygen atoms in total. The summed E-state index contributed by atoms with van der Waals surface area (Å²) in [6.45, 7) is 0.660. The molecule has 0 aliphatic carbocycles. The number of benzene rings is 1. The molecule has 2 rings (SSSR count). The van der Waals surface area contributed by atoms with Crippen molar-refractivity contribution in [3.63, 3.8) is 0 Å². The predicted molar refractivity (Wildman–Crippen MR) is 51.8 cm³/mol. The van der Waals surface area contributed by atoms with Gasteiger partial charge < -0.3 is 9.47 Å². The van der Waals surface area contributed by atoms with Crippen LogP contribution in [0.3, 0.4) is 0 Å². The maximum Gasteiger partial charge on any atom is 0.408 e. The molecule has 1 aliphatic rings. The number of hydrogen-bond acceptors (Lipinski definition) is 3. The lowest BCUT2D eigenvalue weighted by atomic mass is 9.99. The number of nitrogens with zero attached hydrogens (tertiary/aromatic N) is 1. The molecule has 0 amide bonds. The Bertz CT molecular complexity index is 465. The Morgan fingerprint density at radius 1 is 1.18 bits per heavy atom. The van der Waals surface area contributed by atoms with E-state index in [4.69, 9.17) is 14.7 Å². The molecule has 0 radical (unpaired) electrons. The quantitative estimate of drug-likeness (QED) is 0.761. The fourth-order valence-corrected chi connectivity index (χ4v) is 1.58. The summed E-state index contributed by atoms with van der Waals surface area (Å²) < 4.78 is 48.0. The number of nitriles is 1.